The monoisotopic (exact) mass is 245 g/mol. The van der Waals surface area contributed by atoms with Crippen LogP contribution in [0, 0.1) is 10.8 Å². The number of hydrogen-bond donors (Lipinski definition) is 1. The van der Waals surface area contributed by atoms with E-state index in [-0.39, 0.29) is 5.91 Å². The molecular formula is C13H24ClNO. The molecule has 0 aromatic carbocycles. The smallest absolute Gasteiger partial charge is 0.227 e. The largest absolute Gasteiger partial charge is 0.353 e. The molecule has 1 saturated carbocycles. The number of amides is 1. The molecule has 3 heteroatoms. The quantitative estimate of drug-likeness (QED) is 0.760. The number of carbonyl (C=O) groups is 1. The van der Waals surface area contributed by atoms with Gasteiger partial charge in [0.2, 0.25) is 5.91 Å². The van der Waals surface area contributed by atoms with Gasteiger partial charge in [-0.1, -0.05) is 13.8 Å². The van der Waals surface area contributed by atoms with E-state index in [0.717, 1.165) is 12.8 Å². The van der Waals surface area contributed by atoms with Crippen molar-refractivity contribution in [1.82, 2.24) is 5.32 Å². The van der Waals surface area contributed by atoms with Crippen LogP contribution in [0.1, 0.15) is 53.4 Å². The molecule has 0 heterocycles. The van der Waals surface area contributed by atoms with Gasteiger partial charge in [0.1, 0.15) is 0 Å². The summed E-state index contributed by atoms with van der Waals surface area (Å²) in [5.41, 5.74) is -0.00223. The first-order valence-corrected chi connectivity index (χ1v) is 6.67. The van der Waals surface area contributed by atoms with Gasteiger partial charge in [-0.15, -0.1) is 11.6 Å². The molecule has 0 aromatic rings. The lowest BCUT2D eigenvalue weighted by molar-refractivity contribution is -0.129. The lowest BCUT2D eigenvalue weighted by Gasteiger charge is -2.35. The summed E-state index contributed by atoms with van der Waals surface area (Å²) < 4.78 is 0. The number of alkyl halides is 1. The Kier molecular flexibility index (Phi) is 4.28. The highest BCUT2D eigenvalue weighted by Gasteiger charge is 2.31. The molecule has 0 atom stereocenters. The fourth-order valence-corrected chi connectivity index (χ4v) is 2.11. The number of halogens is 1. The summed E-state index contributed by atoms with van der Waals surface area (Å²) in [5.74, 6) is 0.462. The number of hydrogen-bond acceptors (Lipinski definition) is 1. The molecule has 0 aromatic heterocycles. The summed E-state index contributed by atoms with van der Waals surface area (Å²) in [4.78, 5) is 11.9. The Bertz CT molecular complexity index is 251. The summed E-state index contributed by atoms with van der Waals surface area (Å²) in [5, 5.41) is 3.12. The van der Waals surface area contributed by atoms with E-state index in [1.165, 1.54) is 12.8 Å². The van der Waals surface area contributed by atoms with Gasteiger partial charge in [0, 0.05) is 11.9 Å². The molecule has 0 saturated heterocycles. The fraction of sp³-hybridized carbons (Fsp3) is 0.923. The minimum absolute atomic E-state index is 0.0900. The van der Waals surface area contributed by atoms with Gasteiger partial charge in [-0.05, 0) is 44.9 Å². The molecule has 1 rings (SSSR count). The van der Waals surface area contributed by atoms with Crippen molar-refractivity contribution in [3.05, 3.63) is 0 Å². The van der Waals surface area contributed by atoms with Crippen LogP contribution in [0.4, 0.5) is 0 Å². The second kappa shape index (κ2) is 4.95. The van der Waals surface area contributed by atoms with Crippen LogP contribution in [0.15, 0.2) is 0 Å². The van der Waals surface area contributed by atoms with E-state index in [1.807, 2.05) is 13.8 Å². The van der Waals surface area contributed by atoms with Gasteiger partial charge in [0.15, 0.2) is 0 Å². The summed E-state index contributed by atoms with van der Waals surface area (Å²) in [6.07, 6.45) is 4.58. The zero-order valence-electron chi connectivity index (χ0n) is 10.9. The van der Waals surface area contributed by atoms with Gasteiger partial charge in [0.25, 0.3) is 0 Å². The molecule has 0 unspecified atom stereocenters. The maximum Gasteiger partial charge on any atom is 0.227 e. The molecule has 1 amide bonds. The van der Waals surface area contributed by atoms with Crippen molar-refractivity contribution in [3.8, 4) is 0 Å². The summed E-state index contributed by atoms with van der Waals surface area (Å²) in [7, 11) is 0. The van der Waals surface area contributed by atoms with Crippen molar-refractivity contribution in [2.24, 2.45) is 10.8 Å². The Labute approximate surface area is 104 Å². The van der Waals surface area contributed by atoms with E-state index in [9.17, 15) is 4.79 Å². The van der Waals surface area contributed by atoms with Gasteiger partial charge in [0.05, 0.1) is 5.41 Å². The van der Waals surface area contributed by atoms with Crippen LogP contribution < -0.4 is 5.32 Å². The minimum Gasteiger partial charge on any atom is -0.353 e. The van der Waals surface area contributed by atoms with Gasteiger partial charge in [-0.3, -0.25) is 4.79 Å². The molecule has 2 nitrogen and oxygen atoms in total. The van der Waals surface area contributed by atoms with E-state index >= 15 is 0 Å². The molecule has 0 bridgehead atoms. The zero-order chi connectivity index (χ0) is 12.4. The van der Waals surface area contributed by atoms with Gasteiger partial charge in [-0.25, -0.2) is 0 Å². The van der Waals surface area contributed by atoms with Crippen LogP contribution in [0.25, 0.3) is 0 Å². The van der Waals surface area contributed by atoms with Crippen LogP contribution >= 0.6 is 11.6 Å². The summed E-state index contributed by atoms with van der Waals surface area (Å²) in [6.45, 7) is 8.38. The topological polar surface area (TPSA) is 29.1 Å². The number of nitrogens with one attached hydrogen (secondary N) is 1. The number of carbonyl (C=O) groups excluding carboxylic acids is 1. The zero-order valence-corrected chi connectivity index (χ0v) is 11.7. The van der Waals surface area contributed by atoms with E-state index in [4.69, 9.17) is 11.6 Å². The Hall–Kier alpha value is -0.240. The van der Waals surface area contributed by atoms with E-state index < -0.39 is 5.41 Å². The first kappa shape index (κ1) is 13.8. The van der Waals surface area contributed by atoms with Crippen molar-refractivity contribution in [2.75, 3.05) is 5.88 Å². The Morgan fingerprint density at radius 2 is 1.88 bits per heavy atom. The van der Waals surface area contributed by atoms with E-state index in [2.05, 4.69) is 19.2 Å². The first-order chi connectivity index (χ1) is 7.27. The highest BCUT2D eigenvalue weighted by atomic mass is 35.5. The standard InChI is InChI=1S/C13H24ClNO/c1-12(2)7-5-10(6-8-12)15-11(16)13(3,4)9-14/h10H,5-9H2,1-4H3,(H,15,16). The van der Waals surface area contributed by atoms with Crippen LogP contribution in [-0.2, 0) is 4.79 Å². The van der Waals surface area contributed by atoms with Crippen LogP contribution in [0.5, 0.6) is 0 Å². The second-order valence-corrected chi connectivity index (χ2v) is 6.70. The third-order valence-corrected chi connectivity index (χ3v) is 4.29. The Morgan fingerprint density at radius 1 is 1.38 bits per heavy atom. The molecule has 94 valence electrons. The van der Waals surface area contributed by atoms with Crippen molar-refractivity contribution in [2.45, 2.75) is 59.4 Å². The SMILES string of the molecule is CC1(C)CCC(NC(=O)C(C)(C)CCl)CC1. The molecule has 0 spiro atoms. The predicted molar refractivity (Wildman–Crippen MR) is 68.7 cm³/mol. The van der Waals surface area contributed by atoms with Crippen molar-refractivity contribution in [1.29, 1.82) is 0 Å². The van der Waals surface area contributed by atoms with E-state index in [1.54, 1.807) is 0 Å². The normalized spacial score (nSPS) is 21.8. The third-order valence-electron chi connectivity index (χ3n) is 3.62. The molecule has 0 aliphatic heterocycles. The van der Waals surface area contributed by atoms with Gasteiger partial charge in [-0.2, -0.15) is 0 Å². The lowest BCUT2D eigenvalue weighted by atomic mass is 9.75. The molecule has 1 fully saturated rings. The van der Waals surface area contributed by atoms with Crippen LogP contribution in [0.2, 0.25) is 0 Å². The molecule has 1 aliphatic rings. The average molecular weight is 246 g/mol. The molecule has 0 radical (unpaired) electrons. The molecular weight excluding hydrogens is 222 g/mol. The first-order valence-electron chi connectivity index (χ1n) is 6.14. The minimum atomic E-state index is -0.450. The van der Waals surface area contributed by atoms with Gasteiger partial charge < -0.3 is 5.32 Å². The fourth-order valence-electron chi connectivity index (χ4n) is 1.99. The molecule has 1 aliphatic carbocycles. The van der Waals surface area contributed by atoms with Crippen LogP contribution in [-0.4, -0.2) is 17.8 Å². The highest BCUT2D eigenvalue weighted by Crippen LogP contribution is 2.35. The number of rotatable bonds is 3. The maximum atomic E-state index is 11.9. The van der Waals surface area contributed by atoms with E-state index in [0.29, 0.717) is 17.3 Å². The molecule has 1 N–H and O–H groups in total. The lowest BCUT2D eigenvalue weighted by Crippen LogP contribution is -2.45. The average Bonchev–Trinajstić information content (AvgIpc) is 2.21. The van der Waals surface area contributed by atoms with Crippen LogP contribution in [0.3, 0.4) is 0 Å². The van der Waals surface area contributed by atoms with Crippen molar-refractivity contribution >= 4 is 17.5 Å². The Balaban J connectivity index is 2.43. The van der Waals surface area contributed by atoms with Gasteiger partial charge >= 0.3 is 0 Å². The second-order valence-electron chi connectivity index (χ2n) is 6.43. The summed E-state index contributed by atoms with van der Waals surface area (Å²) >= 11 is 5.79. The highest BCUT2D eigenvalue weighted by molar-refractivity contribution is 6.19. The third kappa shape index (κ3) is 3.65. The van der Waals surface area contributed by atoms with Crippen molar-refractivity contribution in [3.63, 3.8) is 0 Å². The Morgan fingerprint density at radius 3 is 2.31 bits per heavy atom. The summed E-state index contributed by atoms with van der Waals surface area (Å²) in [6, 6.07) is 0.350. The van der Waals surface area contributed by atoms with Crippen molar-refractivity contribution < 1.29 is 4.79 Å². The maximum absolute atomic E-state index is 11.9. The predicted octanol–water partition coefficient (Wildman–Crippen LogP) is 3.34. The molecule has 16 heavy (non-hydrogen) atoms.